The number of aryl methyl sites for hydroxylation is 1. The molecule has 2 aromatic carbocycles. The highest BCUT2D eigenvalue weighted by Crippen LogP contribution is 2.26. The average Bonchev–Trinajstić information content (AvgIpc) is 3.37. The van der Waals surface area contributed by atoms with E-state index in [0.29, 0.717) is 17.1 Å². The zero-order valence-corrected chi connectivity index (χ0v) is 18.1. The maximum atomic E-state index is 12.7. The molecule has 5 rings (SSSR count). The van der Waals surface area contributed by atoms with Crippen LogP contribution in [0, 0.1) is 6.92 Å². The summed E-state index contributed by atoms with van der Waals surface area (Å²) in [6.07, 6.45) is 2.87. The van der Waals surface area contributed by atoms with Crippen molar-refractivity contribution >= 4 is 38.4 Å². The van der Waals surface area contributed by atoms with E-state index in [0.717, 1.165) is 22.3 Å². The number of anilines is 1. The molecular formula is C23H19N5O3S. The lowest BCUT2D eigenvalue weighted by atomic mass is 10.1. The zero-order chi connectivity index (χ0) is 22.5. The van der Waals surface area contributed by atoms with Crippen molar-refractivity contribution in [2.45, 2.75) is 11.8 Å². The highest BCUT2D eigenvalue weighted by atomic mass is 32.2. The van der Waals surface area contributed by atoms with Gasteiger partial charge in [-0.1, -0.05) is 24.3 Å². The molecule has 32 heavy (non-hydrogen) atoms. The summed E-state index contributed by atoms with van der Waals surface area (Å²) in [6.45, 7) is 1.94. The van der Waals surface area contributed by atoms with Crippen LogP contribution in [0.5, 0.6) is 0 Å². The molecule has 1 amide bonds. The second-order valence-electron chi connectivity index (χ2n) is 7.59. The summed E-state index contributed by atoms with van der Waals surface area (Å²) in [6, 6.07) is 18.0. The number of nitrogens with zero attached hydrogens (tertiary/aromatic N) is 3. The molecule has 5 aromatic rings. The molecule has 2 N–H and O–H groups in total. The number of fused-ring (bicyclic) bond motifs is 2. The number of pyridine rings is 1. The van der Waals surface area contributed by atoms with E-state index in [1.807, 2.05) is 53.8 Å². The van der Waals surface area contributed by atoms with E-state index < -0.39 is 9.84 Å². The molecule has 3 aromatic heterocycles. The Bertz CT molecular complexity index is 1620. The molecule has 8 nitrogen and oxygen atoms in total. The largest absolute Gasteiger partial charge is 0.324 e. The van der Waals surface area contributed by atoms with Crippen LogP contribution < -0.4 is 5.32 Å². The predicted octanol–water partition coefficient (Wildman–Crippen LogP) is 3.84. The Kier molecular flexibility index (Phi) is 4.56. The number of hydrogen-bond donors (Lipinski definition) is 2. The third-order valence-corrected chi connectivity index (χ3v) is 6.35. The van der Waals surface area contributed by atoms with Crippen molar-refractivity contribution in [3.8, 4) is 11.1 Å². The first-order valence-corrected chi connectivity index (χ1v) is 11.7. The van der Waals surface area contributed by atoms with Gasteiger partial charge in [-0.2, -0.15) is 0 Å². The molecule has 0 fully saturated rings. The first-order chi connectivity index (χ1) is 15.3. The Labute approximate surface area is 183 Å². The Balaban J connectivity index is 1.44. The number of aromatic nitrogens is 4. The van der Waals surface area contributed by atoms with Crippen molar-refractivity contribution < 1.29 is 13.2 Å². The van der Waals surface area contributed by atoms with Crippen molar-refractivity contribution in [2.24, 2.45) is 0 Å². The van der Waals surface area contributed by atoms with Crippen LogP contribution in [0.1, 0.15) is 16.2 Å². The monoisotopic (exact) mass is 445 g/mol. The summed E-state index contributed by atoms with van der Waals surface area (Å²) in [5.41, 5.74) is 4.94. The molecule has 0 saturated carbocycles. The number of hydrogen-bond acceptors (Lipinski definition) is 5. The molecule has 160 valence electrons. The van der Waals surface area contributed by atoms with E-state index in [2.05, 4.69) is 20.3 Å². The first kappa shape index (κ1) is 20.0. The summed E-state index contributed by atoms with van der Waals surface area (Å²) in [5, 5.41) is 2.76. The van der Waals surface area contributed by atoms with Gasteiger partial charge in [-0.15, -0.1) is 0 Å². The minimum atomic E-state index is -3.30. The second kappa shape index (κ2) is 7.31. The lowest BCUT2D eigenvalue weighted by molar-refractivity contribution is 0.102. The molecule has 3 heterocycles. The molecule has 9 heteroatoms. The number of nitrogens with one attached hydrogen (secondary N) is 2. The Morgan fingerprint density at radius 3 is 2.56 bits per heavy atom. The normalized spacial score (nSPS) is 11.8. The van der Waals surface area contributed by atoms with E-state index >= 15 is 0 Å². The van der Waals surface area contributed by atoms with Gasteiger partial charge in [0.15, 0.2) is 9.84 Å². The number of amides is 1. The highest BCUT2D eigenvalue weighted by Gasteiger charge is 2.14. The van der Waals surface area contributed by atoms with Crippen LogP contribution >= 0.6 is 0 Å². The maximum Gasteiger partial charge on any atom is 0.278 e. The van der Waals surface area contributed by atoms with Gasteiger partial charge >= 0.3 is 0 Å². The molecule has 0 spiro atoms. The summed E-state index contributed by atoms with van der Waals surface area (Å²) in [4.78, 5) is 24.9. The number of aromatic amines is 1. The fourth-order valence-electron chi connectivity index (χ4n) is 3.58. The first-order valence-electron chi connectivity index (χ1n) is 9.84. The third kappa shape index (κ3) is 3.63. The molecular weight excluding hydrogens is 426 g/mol. The molecule has 0 aliphatic heterocycles. The number of imidazole rings is 2. The topological polar surface area (TPSA) is 109 Å². The van der Waals surface area contributed by atoms with E-state index in [9.17, 15) is 13.2 Å². The van der Waals surface area contributed by atoms with Crippen molar-refractivity contribution in [1.29, 1.82) is 0 Å². The number of carbonyl (C=O) groups excluding carboxylic acids is 1. The third-order valence-electron chi connectivity index (χ3n) is 5.24. The van der Waals surface area contributed by atoms with E-state index in [1.54, 1.807) is 24.4 Å². The lowest BCUT2D eigenvalue weighted by Gasteiger charge is -2.04. The van der Waals surface area contributed by atoms with Crippen LogP contribution in [-0.2, 0) is 9.84 Å². The second-order valence-corrected chi connectivity index (χ2v) is 9.61. The maximum absolute atomic E-state index is 12.7. The molecule has 0 aliphatic carbocycles. The molecule has 0 atom stereocenters. The molecule has 0 radical (unpaired) electrons. The summed E-state index contributed by atoms with van der Waals surface area (Å²) >= 11 is 0. The van der Waals surface area contributed by atoms with Crippen molar-refractivity contribution in [2.75, 3.05) is 11.6 Å². The smallest absolute Gasteiger partial charge is 0.278 e. The van der Waals surface area contributed by atoms with Gasteiger partial charge in [0.1, 0.15) is 11.3 Å². The molecule has 0 aliphatic rings. The van der Waals surface area contributed by atoms with Gasteiger partial charge in [0.2, 0.25) is 5.95 Å². The fourth-order valence-corrected chi connectivity index (χ4v) is 4.25. The predicted molar refractivity (Wildman–Crippen MR) is 123 cm³/mol. The van der Waals surface area contributed by atoms with Crippen molar-refractivity contribution in [1.82, 2.24) is 19.4 Å². The summed E-state index contributed by atoms with van der Waals surface area (Å²) in [7, 11) is -3.30. The van der Waals surface area contributed by atoms with E-state index in [-0.39, 0.29) is 16.5 Å². The molecule has 0 bridgehead atoms. The van der Waals surface area contributed by atoms with Crippen LogP contribution in [-0.4, -0.2) is 39.9 Å². The number of rotatable bonds is 4. The fraction of sp³-hybridized carbons (Fsp3) is 0.0870. The number of benzene rings is 2. The standard InChI is InChI=1S/C23H19N5O3S/c1-14-5-3-8-21-24-20(13-28(14)21)22(29)27-23-25-18-10-9-16(12-19(18)26-23)15-6-4-7-17(11-15)32(2,30)31/h3-13H,1-2H3,(H2,25,26,27,29). The van der Waals surface area contributed by atoms with Crippen molar-refractivity contribution in [3.63, 3.8) is 0 Å². The minimum Gasteiger partial charge on any atom is -0.324 e. The van der Waals surface area contributed by atoms with Gasteiger partial charge in [0.05, 0.1) is 15.9 Å². The van der Waals surface area contributed by atoms with E-state index in [1.165, 1.54) is 6.26 Å². The van der Waals surface area contributed by atoms with Gasteiger partial charge in [-0.05, 0) is 54.4 Å². The van der Waals surface area contributed by atoms with Crippen LogP contribution in [0.25, 0.3) is 27.8 Å². The van der Waals surface area contributed by atoms with E-state index in [4.69, 9.17) is 0 Å². The Hall–Kier alpha value is -3.98. The minimum absolute atomic E-state index is 0.257. The quantitative estimate of drug-likeness (QED) is 0.437. The van der Waals surface area contributed by atoms with Crippen molar-refractivity contribution in [3.05, 3.63) is 78.2 Å². The van der Waals surface area contributed by atoms with Crippen LogP contribution in [0.2, 0.25) is 0 Å². The van der Waals surface area contributed by atoms with Crippen LogP contribution in [0.3, 0.4) is 0 Å². The van der Waals surface area contributed by atoms with Gasteiger partial charge in [-0.3, -0.25) is 10.1 Å². The van der Waals surface area contributed by atoms with Gasteiger partial charge in [0.25, 0.3) is 5.91 Å². The summed E-state index contributed by atoms with van der Waals surface area (Å²) in [5.74, 6) is -0.0611. The Morgan fingerprint density at radius 1 is 1.00 bits per heavy atom. The molecule has 0 unspecified atom stereocenters. The van der Waals surface area contributed by atoms with Gasteiger partial charge < -0.3 is 9.38 Å². The average molecular weight is 446 g/mol. The highest BCUT2D eigenvalue weighted by molar-refractivity contribution is 7.90. The summed E-state index contributed by atoms with van der Waals surface area (Å²) < 4.78 is 25.6. The number of H-pyrrole nitrogens is 1. The van der Waals surface area contributed by atoms with Crippen LogP contribution in [0.15, 0.2) is 71.8 Å². The SMILES string of the molecule is Cc1cccc2nc(C(=O)Nc3nc4cc(-c5cccc(S(C)(=O)=O)c5)ccc4[nH]3)cn12. The number of carbonyl (C=O) groups is 1. The molecule has 0 saturated heterocycles. The van der Waals surface area contributed by atoms with Gasteiger partial charge in [-0.25, -0.2) is 18.4 Å². The van der Waals surface area contributed by atoms with Crippen LogP contribution in [0.4, 0.5) is 5.95 Å². The number of sulfone groups is 1. The Morgan fingerprint density at radius 2 is 1.78 bits per heavy atom. The van der Waals surface area contributed by atoms with Gasteiger partial charge in [0, 0.05) is 18.1 Å². The lowest BCUT2D eigenvalue weighted by Crippen LogP contribution is -2.13. The zero-order valence-electron chi connectivity index (χ0n) is 17.3.